The molecule has 16 nitrogen and oxygen atoms in total. The number of carbonyl (C=O) groups excluding carboxylic acids is 4. The Bertz CT molecular complexity index is 2870. The summed E-state index contributed by atoms with van der Waals surface area (Å²) < 4.78 is 21.6. The maximum absolute atomic E-state index is 14.3. The van der Waals surface area contributed by atoms with Crippen molar-refractivity contribution in [1.29, 1.82) is 0 Å². The van der Waals surface area contributed by atoms with Crippen molar-refractivity contribution in [1.82, 2.24) is 40.4 Å². The lowest BCUT2D eigenvalue weighted by Crippen LogP contribution is -2.53. The van der Waals surface area contributed by atoms with Crippen LogP contribution in [0.5, 0.6) is 0 Å². The number of fused-ring (bicyclic) bond motifs is 7. The maximum Gasteiger partial charge on any atom is 0.407 e. The van der Waals surface area contributed by atoms with Crippen LogP contribution in [-0.2, 0) is 28.5 Å². The molecule has 66 heavy (non-hydrogen) atoms. The molecular formula is C50H58N8O8. The standard InChI is InChI=1S/C50H58N8O8/c1-26(2)40(55-48(61)63-5)46(59)57-24-50(16-7-17-65-25-50)21-38(57)45-52-36-15-11-31-19-29(9-13-34(31)43(36)54-45)28-8-12-33-30(18-28)10-14-35-42(33)53-44(51-35)37-20-32-22-66-23-39(32)58(37)47(60)41(27(3)4)56-49(62)64-6/h8-15,18-19,26-27,32,37-41H,7,16-17,20-25H2,1-6H3,(H,51,53)(H,52,54)(H,55,61)(H,56,62)/t32-,37+,38+,39+,40+,41+,50+/m1/s1. The van der Waals surface area contributed by atoms with Gasteiger partial charge in [0, 0.05) is 35.3 Å². The van der Waals surface area contributed by atoms with Crippen molar-refractivity contribution in [3.05, 3.63) is 72.3 Å². The molecule has 16 heteroatoms. The molecule has 4 saturated heterocycles. The van der Waals surface area contributed by atoms with Crippen LogP contribution in [0, 0.1) is 23.2 Å². The number of methoxy groups -OCH3 is 2. The normalized spacial score (nSPS) is 23.9. The third kappa shape index (κ3) is 7.66. The van der Waals surface area contributed by atoms with Crippen molar-refractivity contribution in [2.75, 3.05) is 47.2 Å². The first-order chi connectivity index (χ1) is 31.8. The number of alkyl carbamates (subject to hydrolysis) is 2. The smallest absolute Gasteiger partial charge is 0.407 e. The van der Waals surface area contributed by atoms with Crippen molar-refractivity contribution >= 4 is 67.6 Å². The molecule has 6 heterocycles. The summed E-state index contributed by atoms with van der Waals surface area (Å²) in [6, 6.07) is 18.9. The Morgan fingerprint density at radius 3 is 1.86 bits per heavy atom. The third-order valence-corrected chi connectivity index (χ3v) is 14.6. The highest BCUT2D eigenvalue weighted by molar-refractivity contribution is 6.07. The lowest BCUT2D eigenvalue weighted by molar-refractivity contribution is -0.138. The summed E-state index contributed by atoms with van der Waals surface area (Å²) in [7, 11) is 2.60. The second-order valence-corrected chi connectivity index (χ2v) is 19.5. The van der Waals surface area contributed by atoms with E-state index in [0.717, 1.165) is 79.2 Å². The minimum absolute atomic E-state index is 0.109. The van der Waals surface area contributed by atoms with E-state index >= 15 is 0 Å². The molecule has 7 atom stereocenters. The molecule has 0 aliphatic carbocycles. The van der Waals surface area contributed by atoms with Crippen LogP contribution in [0.3, 0.4) is 0 Å². The molecule has 4 aliphatic rings. The number of carbonyl (C=O) groups is 4. The molecule has 0 saturated carbocycles. The average Bonchev–Trinajstić information content (AvgIpc) is 4.17. The van der Waals surface area contributed by atoms with Gasteiger partial charge in [0.05, 0.1) is 74.2 Å². The number of H-pyrrole nitrogens is 2. The molecule has 6 aromatic rings. The number of imidazole rings is 2. The molecule has 1 spiro atoms. The summed E-state index contributed by atoms with van der Waals surface area (Å²) in [5.41, 5.74) is 5.37. The first-order valence-electron chi connectivity index (χ1n) is 23.2. The van der Waals surface area contributed by atoms with E-state index in [4.69, 9.17) is 28.9 Å². The number of likely N-dealkylation sites (tertiary alicyclic amines) is 2. The van der Waals surface area contributed by atoms with Crippen LogP contribution in [0.2, 0.25) is 0 Å². The van der Waals surface area contributed by atoms with Crippen molar-refractivity contribution < 1.29 is 38.1 Å². The first kappa shape index (κ1) is 43.6. The summed E-state index contributed by atoms with van der Waals surface area (Å²) in [5, 5.41) is 9.62. The fourth-order valence-corrected chi connectivity index (χ4v) is 11.1. The number of aromatic nitrogens is 4. The number of amides is 4. The third-order valence-electron chi connectivity index (χ3n) is 14.6. The molecular weight excluding hydrogens is 841 g/mol. The van der Waals surface area contributed by atoms with E-state index in [0.29, 0.717) is 45.8 Å². The molecule has 4 amide bonds. The minimum Gasteiger partial charge on any atom is -0.453 e. The lowest BCUT2D eigenvalue weighted by Gasteiger charge is -2.33. The monoisotopic (exact) mass is 898 g/mol. The number of ether oxygens (including phenoxy) is 4. The van der Waals surface area contributed by atoms with Gasteiger partial charge < -0.3 is 49.3 Å². The Morgan fingerprint density at radius 1 is 0.742 bits per heavy atom. The fraction of sp³-hybridized carbons (Fsp3) is 0.480. The van der Waals surface area contributed by atoms with E-state index in [1.54, 1.807) is 0 Å². The number of nitrogens with zero attached hydrogens (tertiary/aromatic N) is 4. The Morgan fingerprint density at radius 2 is 1.32 bits per heavy atom. The van der Waals surface area contributed by atoms with Gasteiger partial charge in [-0.1, -0.05) is 64.1 Å². The lowest BCUT2D eigenvalue weighted by atomic mass is 9.80. The van der Waals surface area contributed by atoms with Crippen molar-refractivity contribution in [2.45, 2.75) is 83.6 Å². The van der Waals surface area contributed by atoms with Crippen LogP contribution in [0.1, 0.15) is 77.1 Å². The van der Waals surface area contributed by atoms with Gasteiger partial charge in [0.15, 0.2) is 0 Å². The highest BCUT2D eigenvalue weighted by Gasteiger charge is 2.51. The van der Waals surface area contributed by atoms with Crippen molar-refractivity contribution in [3.63, 3.8) is 0 Å². The zero-order valence-electron chi connectivity index (χ0n) is 38.3. The van der Waals surface area contributed by atoms with Gasteiger partial charge in [0.2, 0.25) is 11.8 Å². The van der Waals surface area contributed by atoms with Crippen LogP contribution in [0.25, 0.3) is 54.7 Å². The van der Waals surface area contributed by atoms with Gasteiger partial charge >= 0.3 is 12.2 Å². The number of aromatic amines is 2. The number of hydrogen-bond donors (Lipinski definition) is 4. The fourth-order valence-electron chi connectivity index (χ4n) is 11.1. The summed E-state index contributed by atoms with van der Waals surface area (Å²) >= 11 is 0. The van der Waals surface area contributed by atoms with Crippen LogP contribution in [-0.4, -0.2) is 119 Å². The van der Waals surface area contributed by atoms with E-state index < -0.39 is 24.3 Å². The summed E-state index contributed by atoms with van der Waals surface area (Å²) in [5.74, 6) is 0.976. The number of hydrogen-bond acceptors (Lipinski definition) is 10. The molecule has 4 fully saturated rings. The molecule has 10 rings (SSSR count). The Hall–Kier alpha value is -6.26. The second-order valence-electron chi connectivity index (χ2n) is 19.5. The predicted molar refractivity (Wildman–Crippen MR) is 248 cm³/mol. The van der Waals surface area contributed by atoms with Crippen molar-refractivity contribution in [2.24, 2.45) is 23.2 Å². The van der Waals surface area contributed by atoms with Gasteiger partial charge in [0.1, 0.15) is 23.7 Å². The maximum atomic E-state index is 14.3. The molecule has 4 aromatic carbocycles. The number of benzene rings is 4. The highest BCUT2D eigenvalue weighted by atomic mass is 16.5. The number of rotatable bonds is 9. The molecule has 4 aliphatic heterocycles. The van der Waals surface area contributed by atoms with Crippen LogP contribution < -0.4 is 10.6 Å². The van der Waals surface area contributed by atoms with Gasteiger partial charge in [-0.05, 0) is 83.7 Å². The largest absolute Gasteiger partial charge is 0.453 e. The van der Waals surface area contributed by atoms with Gasteiger partial charge in [-0.2, -0.15) is 0 Å². The molecule has 2 aromatic heterocycles. The Labute approximate surface area is 382 Å². The molecule has 346 valence electrons. The molecule has 0 unspecified atom stereocenters. The first-order valence-corrected chi connectivity index (χ1v) is 23.2. The summed E-state index contributed by atoms with van der Waals surface area (Å²) in [4.78, 5) is 74.5. The zero-order chi connectivity index (χ0) is 46.0. The Kier molecular flexibility index (Phi) is 11.4. The van der Waals surface area contributed by atoms with Crippen molar-refractivity contribution in [3.8, 4) is 11.1 Å². The van der Waals surface area contributed by atoms with E-state index in [-0.39, 0.29) is 53.1 Å². The van der Waals surface area contributed by atoms with Gasteiger partial charge in [-0.3, -0.25) is 9.59 Å². The summed E-state index contributed by atoms with van der Waals surface area (Å²) in [6.45, 7) is 10.5. The minimum atomic E-state index is -0.757. The quantitative estimate of drug-likeness (QED) is 0.113. The molecule has 0 radical (unpaired) electrons. The Balaban J connectivity index is 0.939. The van der Waals surface area contributed by atoms with Crippen LogP contribution >= 0.6 is 0 Å². The summed E-state index contributed by atoms with van der Waals surface area (Å²) in [6.07, 6.45) is 2.03. The van der Waals surface area contributed by atoms with E-state index in [9.17, 15) is 19.2 Å². The van der Waals surface area contributed by atoms with Gasteiger partial charge in [0.25, 0.3) is 0 Å². The number of nitrogens with one attached hydrogen (secondary N) is 4. The average molecular weight is 899 g/mol. The highest BCUT2D eigenvalue weighted by Crippen LogP contribution is 2.48. The molecule has 4 N–H and O–H groups in total. The van der Waals surface area contributed by atoms with Crippen LogP contribution in [0.4, 0.5) is 9.59 Å². The van der Waals surface area contributed by atoms with Gasteiger partial charge in [-0.15, -0.1) is 0 Å². The van der Waals surface area contributed by atoms with E-state index in [2.05, 4.69) is 75.2 Å². The molecule has 0 bridgehead atoms. The van der Waals surface area contributed by atoms with E-state index in [1.165, 1.54) is 14.2 Å². The predicted octanol–water partition coefficient (Wildman–Crippen LogP) is 7.53. The van der Waals surface area contributed by atoms with Crippen LogP contribution in [0.15, 0.2) is 60.7 Å². The van der Waals surface area contributed by atoms with E-state index in [1.807, 2.05) is 43.6 Å². The van der Waals surface area contributed by atoms with Gasteiger partial charge in [-0.25, -0.2) is 19.6 Å². The topological polar surface area (TPSA) is 193 Å². The second kappa shape index (κ2) is 17.2. The zero-order valence-corrected chi connectivity index (χ0v) is 38.3. The SMILES string of the molecule is COC(=O)N[C@H](C(=O)N1C[C@]2(CCCOC2)C[C@H]1c1nc2c(ccc3cc(-c4ccc5c(ccc6[nH]c([C@@H]7C[C@@H]8COC[C@@H]8N7C(=O)[C@@H](NC(=O)OC)C(C)C)nc65)c4)ccc32)[nH]1)C(C)C.